The molecule has 0 unspecified atom stereocenters. The first-order chi connectivity index (χ1) is 12.4. The highest BCUT2D eigenvalue weighted by molar-refractivity contribution is 7.89. The van der Waals surface area contributed by atoms with Crippen molar-refractivity contribution in [2.75, 3.05) is 13.1 Å². The van der Waals surface area contributed by atoms with Gasteiger partial charge in [-0.05, 0) is 68.2 Å². The van der Waals surface area contributed by atoms with Crippen LogP contribution in [0.2, 0.25) is 0 Å². The number of nitrogens with zero attached hydrogens (tertiary/aromatic N) is 1. The predicted octanol–water partition coefficient (Wildman–Crippen LogP) is 2.53. The van der Waals surface area contributed by atoms with Crippen molar-refractivity contribution in [2.24, 2.45) is 17.8 Å². The number of fused-ring (bicyclic) bond motifs is 2. The third-order valence-corrected chi connectivity index (χ3v) is 8.15. The zero-order valence-corrected chi connectivity index (χ0v) is 15.6. The molecule has 1 heterocycles. The normalized spacial score (nSPS) is 31.9. The monoisotopic (exact) mass is 380 g/mol. The molecule has 1 N–H and O–H groups in total. The summed E-state index contributed by atoms with van der Waals surface area (Å²) in [7, 11) is -3.69. The highest BCUT2D eigenvalue weighted by Gasteiger charge is 2.41. The molecule has 3 aliphatic rings. The van der Waals surface area contributed by atoms with Gasteiger partial charge in [0, 0.05) is 19.1 Å². The van der Waals surface area contributed by atoms with Crippen molar-refractivity contribution >= 4 is 15.9 Å². The number of carbonyl (C=O) groups is 1. The molecule has 142 valence electrons. The third-order valence-electron chi connectivity index (χ3n) is 6.27. The summed E-state index contributed by atoms with van der Waals surface area (Å²) < 4.78 is 40.0. The van der Waals surface area contributed by atoms with E-state index in [-0.39, 0.29) is 29.3 Å². The molecule has 7 heteroatoms. The van der Waals surface area contributed by atoms with Crippen molar-refractivity contribution in [3.8, 4) is 0 Å². The van der Waals surface area contributed by atoms with Gasteiger partial charge in [0.15, 0.2) is 0 Å². The first kappa shape index (κ1) is 17.9. The van der Waals surface area contributed by atoms with Gasteiger partial charge in [0.25, 0.3) is 0 Å². The van der Waals surface area contributed by atoms with E-state index < -0.39 is 15.8 Å². The Morgan fingerprint density at radius 3 is 2.54 bits per heavy atom. The van der Waals surface area contributed by atoms with Crippen LogP contribution in [-0.2, 0) is 14.8 Å². The molecule has 0 radical (unpaired) electrons. The predicted molar refractivity (Wildman–Crippen MR) is 95.3 cm³/mol. The van der Waals surface area contributed by atoms with Crippen molar-refractivity contribution in [2.45, 2.75) is 49.5 Å². The molecule has 2 aliphatic carbocycles. The van der Waals surface area contributed by atoms with E-state index in [0.29, 0.717) is 25.3 Å². The lowest BCUT2D eigenvalue weighted by molar-refractivity contribution is -0.127. The highest BCUT2D eigenvalue weighted by Crippen LogP contribution is 2.44. The lowest BCUT2D eigenvalue weighted by atomic mass is 9.93. The molecule has 0 aromatic heterocycles. The van der Waals surface area contributed by atoms with Crippen LogP contribution in [0.3, 0.4) is 0 Å². The second kappa shape index (κ2) is 6.93. The van der Waals surface area contributed by atoms with Crippen molar-refractivity contribution < 1.29 is 17.6 Å². The molecule has 3 fully saturated rings. The van der Waals surface area contributed by atoms with Gasteiger partial charge in [0.05, 0.1) is 10.8 Å². The van der Waals surface area contributed by atoms with Gasteiger partial charge in [-0.15, -0.1) is 0 Å². The van der Waals surface area contributed by atoms with Gasteiger partial charge in [0.2, 0.25) is 15.9 Å². The van der Waals surface area contributed by atoms with Gasteiger partial charge in [-0.3, -0.25) is 4.79 Å². The lowest BCUT2D eigenvalue weighted by Crippen LogP contribution is -2.48. The average Bonchev–Trinajstić information content (AvgIpc) is 3.25. The summed E-state index contributed by atoms with van der Waals surface area (Å²) in [6.07, 6.45) is 6.15. The zero-order chi connectivity index (χ0) is 18.3. The Morgan fingerprint density at radius 1 is 1.12 bits per heavy atom. The maximum Gasteiger partial charge on any atom is 0.243 e. The quantitative estimate of drug-likeness (QED) is 0.873. The molecule has 0 spiro atoms. The molecule has 4 atom stereocenters. The molecule has 2 bridgehead atoms. The molecule has 4 rings (SSSR count). The van der Waals surface area contributed by atoms with E-state index in [0.717, 1.165) is 24.5 Å². The van der Waals surface area contributed by atoms with Crippen LogP contribution >= 0.6 is 0 Å². The number of halogens is 1. The SMILES string of the molecule is O=C(N[C@@H]1C[C@H]2CC[C@H]1C2)[C@@H]1CCCN(S(=O)(=O)c2ccc(F)cc2)C1. The van der Waals surface area contributed by atoms with E-state index in [1.54, 1.807) is 0 Å². The van der Waals surface area contributed by atoms with Crippen LogP contribution in [0, 0.1) is 23.6 Å². The van der Waals surface area contributed by atoms with Gasteiger partial charge >= 0.3 is 0 Å². The van der Waals surface area contributed by atoms with Crippen molar-refractivity contribution in [3.63, 3.8) is 0 Å². The molecule has 1 aromatic rings. The zero-order valence-electron chi connectivity index (χ0n) is 14.7. The minimum atomic E-state index is -3.69. The van der Waals surface area contributed by atoms with Crippen LogP contribution in [0.1, 0.15) is 38.5 Å². The van der Waals surface area contributed by atoms with E-state index in [1.165, 1.54) is 35.7 Å². The van der Waals surface area contributed by atoms with E-state index in [2.05, 4.69) is 5.32 Å². The van der Waals surface area contributed by atoms with Gasteiger partial charge < -0.3 is 5.32 Å². The molecule has 1 saturated heterocycles. The summed E-state index contributed by atoms with van der Waals surface area (Å²) in [6, 6.07) is 5.13. The number of piperidine rings is 1. The second-order valence-electron chi connectivity index (χ2n) is 7.95. The van der Waals surface area contributed by atoms with Crippen molar-refractivity contribution in [1.82, 2.24) is 9.62 Å². The number of carbonyl (C=O) groups excluding carboxylic acids is 1. The number of benzene rings is 1. The summed E-state index contributed by atoms with van der Waals surface area (Å²) in [4.78, 5) is 12.8. The Hall–Kier alpha value is -1.47. The fourth-order valence-corrected chi connectivity index (χ4v) is 6.38. The topological polar surface area (TPSA) is 66.5 Å². The smallest absolute Gasteiger partial charge is 0.243 e. The summed E-state index contributed by atoms with van der Waals surface area (Å²) in [5, 5.41) is 3.19. The first-order valence-corrected chi connectivity index (χ1v) is 10.9. The molecule has 1 amide bonds. The summed E-state index contributed by atoms with van der Waals surface area (Å²) in [5.74, 6) is 0.573. The van der Waals surface area contributed by atoms with Gasteiger partial charge in [-0.1, -0.05) is 6.42 Å². The highest BCUT2D eigenvalue weighted by atomic mass is 32.2. The van der Waals surface area contributed by atoms with E-state index in [9.17, 15) is 17.6 Å². The van der Waals surface area contributed by atoms with E-state index in [1.807, 2.05) is 0 Å². The van der Waals surface area contributed by atoms with Gasteiger partial charge in [-0.25, -0.2) is 12.8 Å². The summed E-state index contributed by atoms with van der Waals surface area (Å²) in [5.41, 5.74) is 0. The molecule has 2 saturated carbocycles. The maximum atomic E-state index is 13.1. The Morgan fingerprint density at radius 2 is 1.88 bits per heavy atom. The standard InChI is InChI=1S/C19H25FN2O3S/c20-16-5-7-17(8-6-16)26(24,25)22-9-1-2-15(12-22)19(23)21-18-11-13-3-4-14(18)10-13/h5-8,13-15,18H,1-4,9-12H2,(H,21,23)/t13-,14-,15+,18+/m0/s1. The Balaban J connectivity index is 1.42. The van der Waals surface area contributed by atoms with Crippen LogP contribution < -0.4 is 5.32 Å². The summed E-state index contributed by atoms with van der Waals surface area (Å²) >= 11 is 0. The number of amides is 1. The first-order valence-electron chi connectivity index (χ1n) is 9.49. The van der Waals surface area contributed by atoms with Crippen molar-refractivity contribution in [3.05, 3.63) is 30.1 Å². The van der Waals surface area contributed by atoms with Gasteiger partial charge in [0.1, 0.15) is 5.82 Å². The number of hydrogen-bond donors (Lipinski definition) is 1. The summed E-state index contributed by atoms with van der Waals surface area (Å²) in [6.45, 7) is 0.601. The molecule has 26 heavy (non-hydrogen) atoms. The second-order valence-corrected chi connectivity index (χ2v) is 9.88. The number of sulfonamides is 1. The fourth-order valence-electron chi connectivity index (χ4n) is 4.85. The third kappa shape index (κ3) is 3.39. The minimum Gasteiger partial charge on any atom is -0.353 e. The minimum absolute atomic E-state index is 0.0124. The van der Waals surface area contributed by atoms with Crippen LogP contribution in [-0.4, -0.2) is 37.8 Å². The largest absolute Gasteiger partial charge is 0.353 e. The van der Waals surface area contributed by atoms with E-state index >= 15 is 0 Å². The lowest BCUT2D eigenvalue weighted by Gasteiger charge is -2.32. The number of nitrogens with one attached hydrogen (secondary N) is 1. The Bertz CT molecular complexity index is 780. The van der Waals surface area contributed by atoms with Crippen LogP contribution in [0.15, 0.2) is 29.2 Å². The van der Waals surface area contributed by atoms with Gasteiger partial charge in [-0.2, -0.15) is 4.31 Å². The molecular formula is C19H25FN2O3S. The number of hydrogen-bond acceptors (Lipinski definition) is 3. The van der Waals surface area contributed by atoms with Crippen molar-refractivity contribution in [1.29, 1.82) is 0 Å². The van der Waals surface area contributed by atoms with Crippen LogP contribution in [0.5, 0.6) is 0 Å². The maximum absolute atomic E-state index is 13.1. The number of rotatable bonds is 4. The van der Waals surface area contributed by atoms with Crippen LogP contribution in [0.4, 0.5) is 4.39 Å². The molecule has 1 aromatic carbocycles. The molecule has 5 nitrogen and oxygen atoms in total. The van der Waals surface area contributed by atoms with E-state index in [4.69, 9.17) is 0 Å². The Labute approximate surface area is 154 Å². The molecule has 1 aliphatic heterocycles. The van der Waals surface area contributed by atoms with Crippen LogP contribution in [0.25, 0.3) is 0 Å². The fraction of sp³-hybridized carbons (Fsp3) is 0.632. The Kier molecular flexibility index (Phi) is 4.77. The average molecular weight is 380 g/mol. The molecular weight excluding hydrogens is 355 g/mol.